The van der Waals surface area contributed by atoms with Gasteiger partial charge in [-0.25, -0.2) is 4.98 Å². The molecule has 2 aromatic rings. The molecule has 6 nitrogen and oxygen atoms in total. The number of hydrogen-bond donors (Lipinski definition) is 2. The van der Waals surface area contributed by atoms with Crippen LogP contribution in [0.1, 0.15) is 23.7 Å². The van der Waals surface area contributed by atoms with Gasteiger partial charge in [0.1, 0.15) is 0 Å². The van der Waals surface area contributed by atoms with Gasteiger partial charge in [-0.2, -0.15) is 13.2 Å². The van der Waals surface area contributed by atoms with Crippen molar-refractivity contribution in [3.05, 3.63) is 48.2 Å². The van der Waals surface area contributed by atoms with Gasteiger partial charge in [-0.3, -0.25) is 9.59 Å². The SMILES string of the molecule is CCC(=O)Nc1ccc(NC(=O)c2ccc(OCC(F)(F)F)nc2)cc1. The van der Waals surface area contributed by atoms with Gasteiger partial charge < -0.3 is 15.4 Å². The van der Waals surface area contributed by atoms with Crippen molar-refractivity contribution in [2.75, 3.05) is 17.2 Å². The second-order valence-corrected chi connectivity index (χ2v) is 5.22. The molecule has 0 aliphatic heterocycles. The predicted molar refractivity (Wildman–Crippen MR) is 89.1 cm³/mol. The van der Waals surface area contributed by atoms with Crippen molar-refractivity contribution in [1.29, 1.82) is 0 Å². The van der Waals surface area contributed by atoms with Gasteiger partial charge >= 0.3 is 6.18 Å². The van der Waals surface area contributed by atoms with E-state index in [1.54, 1.807) is 31.2 Å². The summed E-state index contributed by atoms with van der Waals surface area (Å²) in [6.07, 6.45) is -2.98. The number of pyridine rings is 1. The summed E-state index contributed by atoms with van der Waals surface area (Å²) in [6, 6.07) is 8.98. The number of halogens is 3. The predicted octanol–water partition coefficient (Wildman–Crippen LogP) is 3.62. The largest absolute Gasteiger partial charge is 0.468 e. The van der Waals surface area contributed by atoms with Gasteiger partial charge in [0.25, 0.3) is 5.91 Å². The van der Waals surface area contributed by atoms with Crippen LogP contribution in [-0.4, -0.2) is 29.6 Å². The second-order valence-electron chi connectivity index (χ2n) is 5.22. The third-order valence-electron chi connectivity index (χ3n) is 3.13. The van der Waals surface area contributed by atoms with E-state index in [2.05, 4.69) is 20.4 Å². The van der Waals surface area contributed by atoms with E-state index in [9.17, 15) is 22.8 Å². The summed E-state index contributed by atoms with van der Waals surface area (Å²) < 4.78 is 40.7. The van der Waals surface area contributed by atoms with E-state index in [4.69, 9.17) is 0 Å². The van der Waals surface area contributed by atoms with E-state index < -0.39 is 18.7 Å². The van der Waals surface area contributed by atoms with Gasteiger partial charge in [0.05, 0.1) is 5.56 Å². The van der Waals surface area contributed by atoms with Crippen LogP contribution in [0.25, 0.3) is 0 Å². The topological polar surface area (TPSA) is 80.3 Å². The number of amides is 2. The number of hydrogen-bond acceptors (Lipinski definition) is 4. The van der Waals surface area contributed by atoms with Crippen LogP contribution < -0.4 is 15.4 Å². The maximum atomic E-state index is 12.1. The van der Waals surface area contributed by atoms with Gasteiger partial charge in [0.2, 0.25) is 11.8 Å². The van der Waals surface area contributed by atoms with Gasteiger partial charge in [0.15, 0.2) is 6.61 Å². The molecule has 2 amide bonds. The highest BCUT2D eigenvalue weighted by atomic mass is 19.4. The fourth-order valence-corrected chi connectivity index (χ4v) is 1.85. The minimum atomic E-state index is -4.46. The molecule has 26 heavy (non-hydrogen) atoms. The maximum Gasteiger partial charge on any atom is 0.422 e. The molecular weight excluding hydrogens is 351 g/mol. The average molecular weight is 367 g/mol. The molecule has 0 aliphatic carbocycles. The molecule has 2 rings (SSSR count). The van der Waals surface area contributed by atoms with Crippen molar-refractivity contribution in [3.8, 4) is 5.88 Å². The summed E-state index contributed by atoms with van der Waals surface area (Å²) >= 11 is 0. The number of carbonyl (C=O) groups is 2. The van der Waals surface area contributed by atoms with Crippen molar-refractivity contribution in [3.63, 3.8) is 0 Å². The van der Waals surface area contributed by atoms with Crippen LogP contribution in [0.3, 0.4) is 0 Å². The van der Waals surface area contributed by atoms with Gasteiger partial charge in [0, 0.05) is 30.1 Å². The fraction of sp³-hybridized carbons (Fsp3) is 0.235. The summed E-state index contributed by atoms with van der Waals surface area (Å²) in [5.41, 5.74) is 1.25. The summed E-state index contributed by atoms with van der Waals surface area (Å²) in [5, 5.41) is 5.29. The lowest BCUT2D eigenvalue weighted by Crippen LogP contribution is -2.19. The molecule has 0 fully saturated rings. The van der Waals surface area contributed by atoms with Crippen LogP contribution in [0, 0.1) is 0 Å². The van der Waals surface area contributed by atoms with Crippen molar-refractivity contribution in [1.82, 2.24) is 4.98 Å². The molecule has 0 saturated carbocycles. The number of alkyl halides is 3. The molecule has 2 N–H and O–H groups in total. The summed E-state index contributed by atoms with van der Waals surface area (Å²) in [7, 11) is 0. The first-order valence-electron chi connectivity index (χ1n) is 7.63. The van der Waals surface area contributed by atoms with E-state index in [1.165, 1.54) is 12.1 Å². The van der Waals surface area contributed by atoms with Crippen LogP contribution in [0.5, 0.6) is 5.88 Å². The molecular formula is C17H16F3N3O3. The van der Waals surface area contributed by atoms with Crippen LogP contribution in [-0.2, 0) is 4.79 Å². The molecule has 0 radical (unpaired) electrons. The molecule has 1 aromatic heterocycles. The fourth-order valence-electron chi connectivity index (χ4n) is 1.85. The van der Waals surface area contributed by atoms with Gasteiger partial charge in [-0.15, -0.1) is 0 Å². The Morgan fingerprint density at radius 3 is 2.15 bits per heavy atom. The molecule has 9 heteroatoms. The van der Waals surface area contributed by atoms with E-state index >= 15 is 0 Å². The molecule has 0 saturated heterocycles. The quantitative estimate of drug-likeness (QED) is 0.817. The van der Waals surface area contributed by atoms with Crippen molar-refractivity contribution >= 4 is 23.2 Å². The summed E-state index contributed by atoms with van der Waals surface area (Å²) in [5.74, 6) is -0.833. The Bertz CT molecular complexity index is 760. The van der Waals surface area contributed by atoms with E-state index in [-0.39, 0.29) is 17.4 Å². The minimum absolute atomic E-state index is 0.124. The Morgan fingerprint density at radius 1 is 1.04 bits per heavy atom. The summed E-state index contributed by atoms with van der Waals surface area (Å²) in [6.45, 7) is 0.282. The normalized spacial score (nSPS) is 10.9. The summed E-state index contributed by atoms with van der Waals surface area (Å²) in [4.78, 5) is 27.1. The third kappa shape index (κ3) is 6.08. The molecule has 0 atom stereocenters. The van der Waals surface area contributed by atoms with Gasteiger partial charge in [-0.05, 0) is 30.3 Å². The zero-order valence-corrected chi connectivity index (χ0v) is 13.8. The number of nitrogens with zero attached hydrogens (tertiary/aromatic N) is 1. The number of carbonyl (C=O) groups excluding carboxylic acids is 2. The van der Waals surface area contributed by atoms with Crippen LogP contribution >= 0.6 is 0 Å². The Labute approximate surface area is 147 Å². The number of benzene rings is 1. The lowest BCUT2D eigenvalue weighted by molar-refractivity contribution is -0.154. The average Bonchev–Trinajstić information content (AvgIpc) is 2.61. The third-order valence-corrected chi connectivity index (χ3v) is 3.13. The number of nitrogens with one attached hydrogen (secondary N) is 2. The maximum absolute atomic E-state index is 12.1. The van der Waals surface area contributed by atoms with Crippen LogP contribution in [0.2, 0.25) is 0 Å². The molecule has 0 bridgehead atoms. The Kier molecular flexibility index (Phi) is 6.16. The van der Waals surface area contributed by atoms with Crippen molar-refractivity contribution in [2.24, 2.45) is 0 Å². The molecule has 0 aliphatic rings. The number of rotatable bonds is 6. The first-order chi connectivity index (χ1) is 12.3. The molecule has 0 unspecified atom stereocenters. The van der Waals surface area contributed by atoms with Gasteiger partial charge in [-0.1, -0.05) is 6.92 Å². The smallest absolute Gasteiger partial charge is 0.422 e. The number of ether oxygens (including phenoxy) is 1. The monoisotopic (exact) mass is 367 g/mol. The highest BCUT2D eigenvalue weighted by molar-refractivity contribution is 6.04. The first-order valence-corrected chi connectivity index (χ1v) is 7.63. The van der Waals surface area contributed by atoms with E-state index in [0.717, 1.165) is 6.20 Å². The number of aromatic nitrogens is 1. The zero-order chi connectivity index (χ0) is 19.2. The van der Waals surface area contributed by atoms with E-state index in [1.807, 2.05) is 0 Å². The standard InChI is InChI=1S/C17H16F3N3O3/c1-2-14(24)22-12-4-6-13(7-5-12)23-16(25)11-3-8-15(21-9-11)26-10-17(18,19)20/h3-9H,2,10H2,1H3,(H,22,24)(H,23,25). The molecule has 138 valence electrons. The number of anilines is 2. The molecule has 1 aromatic carbocycles. The zero-order valence-electron chi connectivity index (χ0n) is 13.8. The lowest BCUT2D eigenvalue weighted by atomic mass is 10.2. The van der Waals surface area contributed by atoms with Crippen molar-refractivity contribution < 1.29 is 27.5 Å². The minimum Gasteiger partial charge on any atom is -0.468 e. The lowest BCUT2D eigenvalue weighted by Gasteiger charge is -2.09. The first kappa shape index (κ1) is 19.2. The highest BCUT2D eigenvalue weighted by Gasteiger charge is 2.28. The molecule has 1 heterocycles. The second kappa shape index (κ2) is 8.32. The van der Waals surface area contributed by atoms with Crippen LogP contribution in [0.4, 0.5) is 24.5 Å². The van der Waals surface area contributed by atoms with Crippen molar-refractivity contribution in [2.45, 2.75) is 19.5 Å². The van der Waals surface area contributed by atoms with E-state index in [0.29, 0.717) is 17.8 Å². The van der Waals surface area contributed by atoms with Crippen LogP contribution in [0.15, 0.2) is 42.6 Å². The highest BCUT2D eigenvalue weighted by Crippen LogP contribution is 2.18. The Balaban J connectivity index is 1.93. The Morgan fingerprint density at radius 2 is 1.65 bits per heavy atom. The Hall–Kier alpha value is -3.10. The molecule has 0 spiro atoms.